The lowest BCUT2D eigenvalue weighted by Gasteiger charge is -2.37. The molecule has 2 aliphatic rings. The van der Waals surface area contributed by atoms with Gasteiger partial charge in [-0.2, -0.15) is 0 Å². The normalized spacial score (nSPS) is 24.7. The zero-order chi connectivity index (χ0) is 17.3. The molecule has 2 atom stereocenters. The van der Waals surface area contributed by atoms with E-state index in [4.69, 9.17) is 0 Å². The van der Waals surface area contributed by atoms with Crippen molar-refractivity contribution in [1.82, 2.24) is 19.4 Å². The van der Waals surface area contributed by atoms with Crippen LogP contribution in [0.4, 0.5) is 0 Å². The van der Waals surface area contributed by atoms with E-state index in [0.29, 0.717) is 12.5 Å². The largest absolute Gasteiger partial charge is 0.339 e. The molecule has 24 heavy (non-hydrogen) atoms. The number of hydrogen-bond donors (Lipinski definition) is 0. The Balaban J connectivity index is 1.72. The van der Waals surface area contributed by atoms with E-state index < -0.39 is 0 Å². The van der Waals surface area contributed by atoms with Gasteiger partial charge in [0.25, 0.3) is 0 Å². The van der Waals surface area contributed by atoms with E-state index in [0.717, 1.165) is 44.6 Å². The first-order valence-corrected chi connectivity index (χ1v) is 9.07. The fourth-order valence-electron chi connectivity index (χ4n) is 4.07. The van der Waals surface area contributed by atoms with Crippen LogP contribution >= 0.6 is 0 Å². The predicted octanol–water partition coefficient (Wildman–Crippen LogP) is 2.18. The lowest BCUT2D eigenvalue weighted by molar-refractivity contribution is -0.144. The Labute approximate surface area is 143 Å². The Morgan fingerprint density at radius 2 is 1.96 bits per heavy atom. The number of carbonyl (C=O) groups is 2. The molecule has 6 heteroatoms. The van der Waals surface area contributed by atoms with Gasteiger partial charge in [0.2, 0.25) is 11.8 Å². The average Bonchev–Trinajstić information content (AvgIpc) is 3.23. The second-order valence-corrected chi connectivity index (χ2v) is 7.30. The van der Waals surface area contributed by atoms with Gasteiger partial charge in [0.15, 0.2) is 0 Å². The van der Waals surface area contributed by atoms with Crippen molar-refractivity contribution in [2.45, 2.75) is 64.5 Å². The molecule has 2 fully saturated rings. The molecule has 3 heterocycles. The molecule has 2 aliphatic heterocycles. The molecule has 132 valence electrons. The summed E-state index contributed by atoms with van der Waals surface area (Å²) in [6.07, 6.45) is 7.67. The summed E-state index contributed by atoms with van der Waals surface area (Å²) >= 11 is 0. The third-order valence-corrected chi connectivity index (χ3v) is 5.26. The summed E-state index contributed by atoms with van der Waals surface area (Å²) < 4.78 is 2.24. The van der Waals surface area contributed by atoms with Crippen LogP contribution in [0, 0.1) is 0 Å². The third-order valence-electron chi connectivity index (χ3n) is 5.26. The van der Waals surface area contributed by atoms with Gasteiger partial charge in [-0.3, -0.25) is 9.59 Å². The van der Waals surface area contributed by atoms with Gasteiger partial charge in [0, 0.05) is 44.9 Å². The number of likely N-dealkylation sites (tertiary alicyclic amines) is 2. The first kappa shape index (κ1) is 17.0. The summed E-state index contributed by atoms with van der Waals surface area (Å²) in [5.74, 6) is 1.59. The molecular formula is C18H28N4O2. The van der Waals surface area contributed by atoms with Gasteiger partial charge in [-0.15, -0.1) is 0 Å². The Hall–Kier alpha value is -1.85. The number of carbonyl (C=O) groups excluding carboxylic acids is 2. The minimum absolute atomic E-state index is 0.0103. The SMILES string of the molecule is CC(=O)N1CCC[C@H]1C(=O)N1CCC[C@@H](n2ccnc2C(C)C)C1. The predicted molar refractivity (Wildman–Crippen MR) is 91.6 cm³/mol. The zero-order valence-corrected chi connectivity index (χ0v) is 14.9. The summed E-state index contributed by atoms with van der Waals surface area (Å²) in [7, 11) is 0. The molecule has 0 saturated carbocycles. The maximum atomic E-state index is 13.0. The molecule has 0 N–H and O–H groups in total. The molecule has 0 aromatic carbocycles. The highest BCUT2D eigenvalue weighted by Crippen LogP contribution is 2.28. The first-order chi connectivity index (χ1) is 11.5. The Bertz CT molecular complexity index is 610. The quantitative estimate of drug-likeness (QED) is 0.852. The zero-order valence-electron chi connectivity index (χ0n) is 14.9. The molecule has 0 bridgehead atoms. The van der Waals surface area contributed by atoms with Gasteiger partial charge in [-0.05, 0) is 25.7 Å². The van der Waals surface area contributed by atoms with E-state index in [2.05, 4.69) is 23.4 Å². The summed E-state index contributed by atoms with van der Waals surface area (Å²) in [6, 6.07) is 0.0309. The second-order valence-electron chi connectivity index (χ2n) is 7.30. The summed E-state index contributed by atoms with van der Waals surface area (Å²) in [5.41, 5.74) is 0. The van der Waals surface area contributed by atoms with Gasteiger partial charge >= 0.3 is 0 Å². The van der Waals surface area contributed by atoms with Crippen LogP contribution in [0.15, 0.2) is 12.4 Å². The maximum Gasteiger partial charge on any atom is 0.245 e. The van der Waals surface area contributed by atoms with Crippen molar-refractivity contribution >= 4 is 11.8 Å². The molecular weight excluding hydrogens is 304 g/mol. The summed E-state index contributed by atoms with van der Waals surface area (Å²) in [6.45, 7) is 8.08. The minimum atomic E-state index is -0.256. The Kier molecular flexibility index (Phi) is 4.92. The van der Waals surface area contributed by atoms with Gasteiger partial charge in [-0.1, -0.05) is 13.8 Å². The van der Waals surface area contributed by atoms with Crippen LogP contribution in [-0.4, -0.2) is 56.8 Å². The molecule has 0 aliphatic carbocycles. The molecule has 1 aromatic heterocycles. The first-order valence-electron chi connectivity index (χ1n) is 9.07. The highest BCUT2D eigenvalue weighted by molar-refractivity contribution is 5.87. The number of nitrogens with zero attached hydrogens (tertiary/aromatic N) is 4. The van der Waals surface area contributed by atoms with Crippen LogP contribution in [0.3, 0.4) is 0 Å². The van der Waals surface area contributed by atoms with E-state index in [1.165, 1.54) is 0 Å². The maximum absolute atomic E-state index is 13.0. The van der Waals surface area contributed by atoms with Crippen LogP contribution in [0.2, 0.25) is 0 Å². The minimum Gasteiger partial charge on any atom is -0.339 e. The molecule has 2 saturated heterocycles. The van der Waals surface area contributed by atoms with E-state index in [9.17, 15) is 9.59 Å². The molecule has 6 nitrogen and oxygen atoms in total. The van der Waals surface area contributed by atoms with Crippen molar-refractivity contribution in [3.63, 3.8) is 0 Å². The van der Waals surface area contributed by atoms with Crippen LogP contribution in [-0.2, 0) is 9.59 Å². The van der Waals surface area contributed by atoms with Crippen molar-refractivity contribution < 1.29 is 9.59 Å². The van der Waals surface area contributed by atoms with Crippen LogP contribution in [0.1, 0.15) is 64.2 Å². The van der Waals surface area contributed by atoms with Gasteiger partial charge < -0.3 is 14.4 Å². The van der Waals surface area contributed by atoms with E-state index >= 15 is 0 Å². The number of amides is 2. The number of piperidine rings is 1. The van der Waals surface area contributed by atoms with E-state index in [-0.39, 0.29) is 23.9 Å². The third kappa shape index (κ3) is 3.19. The highest BCUT2D eigenvalue weighted by Gasteiger charge is 2.37. The van der Waals surface area contributed by atoms with Crippen molar-refractivity contribution in [2.24, 2.45) is 0 Å². The number of hydrogen-bond acceptors (Lipinski definition) is 3. The van der Waals surface area contributed by atoms with Crippen molar-refractivity contribution in [2.75, 3.05) is 19.6 Å². The molecule has 3 rings (SSSR count). The summed E-state index contributed by atoms with van der Waals surface area (Å²) in [4.78, 5) is 32.9. The van der Waals surface area contributed by atoms with Gasteiger partial charge in [-0.25, -0.2) is 4.98 Å². The molecule has 2 amide bonds. The number of aromatic nitrogens is 2. The van der Waals surface area contributed by atoms with Crippen LogP contribution < -0.4 is 0 Å². The fraction of sp³-hybridized carbons (Fsp3) is 0.722. The van der Waals surface area contributed by atoms with Crippen LogP contribution in [0.5, 0.6) is 0 Å². The molecule has 0 spiro atoms. The van der Waals surface area contributed by atoms with Crippen molar-refractivity contribution in [3.05, 3.63) is 18.2 Å². The number of imidazole rings is 1. The molecule has 1 aromatic rings. The fourth-order valence-corrected chi connectivity index (χ4v) is 4.07. The monoisotopic (exact) mass is 332 g/mol. The van der Waals surface area contributed by atoms with Crippen molar-refractivity contribution in [1.29, 1.82) is 0 Å². The Morgan fingerprint density at radius 3 is 2.67 bits per heavy atom. The standard InChI is InChI=1S/C18H28N4O2/c1-13(2)17-19-8-11-22(17)15-6-4-9-20(12-15)18(24)16-7-5-10-21(16)14(3)23/h8,11,13,15-16H,4-7,9-10,12H2,1-3H3/t15-,16+/m1/s1. The number of rotatable bonds is 3. The Morgan fingerprint density at radius 1 is 1.21 bits per heavy atom. The van der Waals surface area contributed by atoms with Gasteiger partial charge in [0.05, 0.1) is 6.04 Å². The van der Waals surface area contributed by atoms with Gasteiger partial charge in [0.1, 0.15) is 11.9 Å². The van der Waals surface area contributed by atoms with E-state index in [1.54, 1.807) is 11.8 Å². The highest BCUT2D eigenvalue weighted by atomic mass is 16.2. The van der Waals surface area contributed by atoms with Crippen LogP contribution in [0.25, 0.3) is 0 Å². The smallest absolute Gasteiger partial charge is 0.245 e. The topological polar surface area (TPSA) is 58.4 Å². The lowest BCUT2D eigenvalue weighted by Crippen LogP contribution is -2.50. The lowest BCUT2D eigenvalue weighted by atomic mass is 10.0. The second kappa shape index (κ2) is 6.95. The molecule has 0 unspecified atom stereocenters. The van der Waals surface area contributed by atoms with Crippen molar-refractivity contribution in [3.8, 4) is 0 Å². The average molecular weight is 332 g/mol. The molecule has 0 radical (unpaired) electrons. The summed E-state index contributed by atoms with van der Waals surface area (Å²) in [5, 5.41) is 0. The van der Waals surface area contributed by atoms with E-state index in [1.807, 2.05) is 17.3 Å².